The molecule has 0 aliphatic rings. The van der Waals surface area contributed by atoms with Crippen LogP contribution in [0.25, 0.3) is 0 Å². The second-order valence-electron chi connectivity index (χ2n) is 6.34. The molecule has 150 valence electrons. The molecule has 0 saturated heterocycles. The Morgan fingerprint density at radius 3 is 2.21 bits per heavy atom. The fourth-order valence-electron chi connectivity index (χ4n) is 2.78. The number of ether oxygens (including phenoxy) is 2. The van der Waals surface area contributed by atoms with Crippen LogP contribution in [0.4, 0.5) is 5.69 Å². The second kappa shape index (κ2) is 11.0. The topological polar surface area (TPSA) is 67.9 Å². The van der Waals surface area contributed by atoms with Gasteiger partial charge in [0.05, 0.1) is 14.2 Å². The molecule has 1 N–H and O–H groups in total. The van der Waals surface area contributed by atoms with E-state index in [9.17, 15) is 9.59 Å². The van der Waals surface area contributed by atoms with Crippen molar-refractivity contribution in [1.29, 1.82) is 0 Å². The average molecular weight is 384 g/mol. The van der Waals surface area contributed by atoms with Crippen molar-refractivity contribution in [2.75, 3.05) is 32.2 Å². The van der Waals surface area contributed by atoms with Crippen LogP contribution in [0.5, 0.6) is 11.5 Å². The predicted octanol–water partition coefficient (Wildman–Crippen LogP) is 3.66. The van der Waals surface area contributed by atoms with Gasteiger partial charge in [-0.2, -0.15) is 0 Å². The van der Waals surface area contributed by atoms with E-state index in [0.717, 1.165) is 18.5 Å². The minimum absolute atomic E-state index is 0.0110. The molecule has 2 aromatic carbocycles. The van der Waals surface area contributed by atoms with Crippen LogP contribution >= 0.6 is 0 Å². The highest BCUT2D eigenvalue weighted by molar-refractivity contribution is 5.96. The van der Waals surface area contributed by atoms with Gasteiger partial charge in [0.2, 0.25) is 5.91 Å². The molecule has 2 rings (SSSR count). The summed E-state index contributed by atoms with van der Waals surface area (Å²) in [5.41, 5.74) is 1.30. The Balaban J connectivity index is 1.97. The number of carbonyl (C=O) groups is 2. The van der Waals surface area contributed by atoms with Crippen molar-refractivity contribution in [2.45, 2.75) is 26.2 Å². The summed E-state index contributed by atoms with van der Waals surface area (Å²) in [5.74, 6) is 0.791. The van der Waals surface area contributed by atoms with Crippen molar-refractivity contribution in [3.05, 3.63) is 54.1 Å². The van der Waals surface area contributed by atoms with Crippen LogP contribution in [0.15, 0.2) is 48.5 Å². The molecule has 0 aromatic heterocycles. The normalized spacial score (nSPS) is 10.2. The van der Waals surface area contributed by atoms with Gasteiger partial charge in [-0.3, -0.25) is 9.59 Å². The van der Waals surface area contributed by atoms with Crippen molar-refractivity contribution in [3.8, 4) is 11.5 Å². The number of anilines is 1. The van der Waals surface area contributed by atoms with Gasteiger partial charge in [0.1, 0.15) is 11.5 Å². The van der Waals surface area contributed by atoms with Gasteiger partial charge in [0.25, 0.3) is 5.91 Å². The molecule has 0 saturated carbocycles. The van der Waals surface area contributed by atoms with E-state index in [1.54, 1.807) is 23.1 Å². The van der Waals surface area contributed by atoms with E-state index in [1.807, 2.05) is 30.3 Å². The largest absolute Gasteiger partial charge is 0.497 e. The van der Waals surface area contributed by atoms with Crippen LogP contribution in [-0.4, -0.2) is 39.1 Å². The second-order valence-corrected chi connectivity index (χ2v) is 6.34. The Bertz CT molecular complexity index is 755. The van der Waals surface area contributed by atoms with E-state index in [1.165, 1.54) is 14.2 Å². The highest BCUT2D eigenvalue weighted by Crippen LogP contribution is 2.22. The van der Waals surface area contributed by atoms with Crippen molar-refractivity contribution in [3.63, 3.8) is 0 Å². The first-order chi connectivity index (χ1) is 13.6. The van der Waals surface area contributed by atoms with Crippen LogP contribution < -0.4 is 19.7 Å². The number of para-hydroxylation sites is 1. The summed E-state index contributed by atoms with van der Waals surface area (Å²) < 4.78 is 10.4. The molecule has 28 heavy (non-hydrogen) atoms. The quantitative estimate of drug-likeness (QED) is 0.679. The highest BCUT2D eigenvalue weighted by Gasteiger charge is 2.16. The van der Waals surface area contributed by atoms with E-state index in [-0.39, 0.29) is 24.8 Å². The number of benzene rings is 2. The molecule has 2 amide bonds. The van der Waals surface area contributed by atoms with Gasteiger partial charge in [-0.25, -0.2) is 0 Å². The predicted molar refractivity (Wildman–Crippen MR) is 110 cm³/mol. The number of nitrogens with zero attached hydrogens (tertiary/aromatic N) is 1. The molecule has 0 atom stereocenters. The van der Waals surface area contributed by atoms with Crippen LogP contribution in [0.1, 0.15) is 36.5 Å². The van der Waals surface area contributed by atoms with Gasteiger partial charge in [-0.15, -0.1) is 0 Å². The van der Waals surface area contributed by atoms with E-state index in [2.05, 4.69) is 12.2 Å². The Hall–Kier alpha value is -3.02. The Kier molecular flexibility index (Phi) is 8.34. The van der Waals surface area contributed by atoms with E-state index >= 15 is 0 Å². The maximum Gasteiger partial charge on any atom is 0.251 e. The fraction of sp³-hybridized carbons (Fsp3) is 0.364. The Morgan fingerprint density at radius 1 is 1.00 bits per heavy atom. The summed E-state index contributed by atoms with van der Waals surface area (Å²) in [6.07, 6.45) is 2.16. The number of nitrogens with one attached hydrogen (secondary N) is 1. The first-order valence-electron chi connectivity index (χ1n) is 9.45. The third-order valence-electron chi connectivity index (χ3n) is 4.34. The van der Waals surface area contributed by atoms with Crippen molar-refractivity contribution < 1.29 is 19.1 Å². The molecule has 0 radical (unpaired) electrons. The number of hydrogen-bond donors (Lipinski definition) is 1. The van der Waals surface area contributed by atoms with Gasteiger partial charge in [0, 0.05) is 36.8 Å². The summed E-state index contributed by atoms with van der Waals surface area (Å²) in [5, 5.41) is 2.80. The lowest BCUT2D eigenvalue weighted by Gasteiger charge is -2.23. The standard InChI is InChI=1S/C22H28N2O4/c1-4-5-13-24(18-9-7-6-8-10-18)21(25)11-12-23-22(26)17-14-19(27-2)16-20(15-17)28-3/h6-10,14-16H,4-5,11-13H2,1-3H3,(H,23,26). The van der Waals surface area contributed by atoms with E-state index < -0.39 is 0 Å². The highest BCUT2D eigenvalue weighted by atomic mass is 16.5. The Morgan fingerprint density at radius 2 is 1.64 bits per heavy atom. The van der Waals surface area contributed by atoms with Gasteiger partial charge in [-0.1, -0.05) is 31.5 Å². The minimum Gasteiger partial charge on any atom is -0.497 e. The molecule has 0 spiro atoms. The third-order valence-corrected chi connectivity index (χ3v) is 4.34. The van der Waals surface area contributed by atoms with Gasteiger partial charge in [-0.05, 0) is 30.7 Å². The fourth-order valence-corrected chi connectivity index (χ4v) is 2.78. The lowest BCUT2D eigenvalue weighted by molar-refractivity contribution is -0.118. The van der Waals surface area contributed by atoms with Gasteiger partial charge < -0.3 is 19.7 Å². The number of methoxy groups -OCH3 is 2. The molecular formula is C22H28N2O4. The first-order valence-corrected chi connectivity index (χ1v) is 9.45. The maximum absolute atomic E-state index is 12.7. The van der Waals surface area contributed by atoms with E-state index in [0.29, 0.717) is 23.6 Å². The average Bonchev–Trinajstić information content (AvgIpc) is 2.74. The van der Waals surface area contributed by atoms with Crippen LogP contribution in [0.3, 0.4) is 0 Å². The molecule has 0 fully saturated rings. The van der Waals surface area contributed by atoms with Crippen molar-refractivity contribution >= 4 is 17.5 Å². The Labute approximate surface area is 166 Å². The lowest BCUT2D eigenvalue weighted by atomic mass is 10.2. The summed E-state index contributed by atoms with van der Waals surface area (Å²) >= 11 is 0. The lowest BCUT2D eigenvalue weighted by Crippen LogP contribution is -2.35. The van der Waals surface area contributed by atoms with Crippen molar-refractivity contribution in [2.24, 2.45) is 0 Å². The first kappa shape index (κ1) is 21.3. The molecule has 0 aliphatic carbocycles. The zero-order valence-corrected chi connectivity index (χ0v) is 16.7. The zero-order chi connectivity index (χ0) is 20.4. The number of carbonyl (C=O) groups excluding carboxylic acids is 2. The minimum atomic E-state index is -0.273. The maximum atomic E-state index is 12.7. The van der Waals surface area contributed by atoms with Crippen molar-refractivity contribution in [1.82, 2.24) is 5.32 Å². The number of unbranched alkanes of at least 4 members (excludes halogenated alkanes) is 1. The van der Waals surface area contributed by atoms with Gasteiger partial charge in [0.15, 0.2) is 0 Å². The molecule has 0 unspecified atom stereocenters. The van der Waals surface area contributed by atoms with Crippen LogP contribution in [0.2, 0.25) is 0 Å². The summed E-state index contributed by atoms with van der Waals surface area (Å²) in [6.45, 7) is 3.02. The monoisotopic (exact) mass is 384 g/mol. The van der Waals surface area contributed by atoms with E-state index in [4.69, 9.17) is 9.47 Å². The van der Waals surface area contributed by atoms with Crippen LogP contribution in [0, 0.1) is 0 Å². The number of rotatable bonds is 10. The third kappa shape index (κ3) is 6.01. The smallest absolute Gasteiger partial charge is 0.251 e. The molecule has 6 heteroatoms. The number of amides is 2. The molecule has 0 bridgehead atoms. The number of hydrogen-bond acceptors (Lipinski definition) is 4. The molecule has 0 aliphatic heterocycles. The SMILES string of the molecule is CCCCN(C(=O)CCNC(=O)c1cc(OC)cc(OC)c1)c1ccccc1. The van der Waals surface area contributed by atoms with Gasteiger partial charge >= 0.3 is 0 Å². The molecular weight excluding hydrogens is 356 g/mol. The van der Waals surface area contributed by atoms with Crippen LogP contribution in [-0.2, 0) is 4.79 Å². The molecule has 6 nitrogen and oxygen atoms in total. The zero-order valence-electron chi connectivity index (χ0n) is 16.7. The summed E-state index contributed by atoms with van der Waals surface area (Å²) in [6, 6.07) is 14.6. The molecule has 2 aromatic rings. The summed E-state index contributed by atoms with van der Waals surface area (Å²) in [7, 11) is 3.06. The summed E-state index contributed by atoms with van der Waals surface area (Å²) in [4.78, 5) is 26.9. The molecule has 0 heterocycles.